The van der Waals surface area contributed by atoms with Gasteiger partial charge in [-0.1, -0.05) is 48.5 Å². The van der Waals surface area contributed by atoms with Crippen LogP contribution < -0.4 is 0 Å². The molecular weight excluding hydrogens is 350 g/mol. The highest BCUT2D eigenvalue weighted by atomic mass is 16.4. The van der Waals surface area contributed by atoms with Crippen LogP contribution in [-0.4, -0.2) is 47.4 Å². The summed E-state index contributed by atoms with van der Waals surface area (Å²) in [6.45, 7) is 4.31. The quantitative estimate of drug-likeness (QED) is 0.698. The summed E-state index contributed by atoms with van der Waals surface area (Å²) in [4.78, 5) is 22.1. The second-order valence-electron chi connectivity index (χ2n) is 7.34. The Morgan fingerprint density at radius 1 is 1.07 bits per heavy atom. The van der Waals surface area contributed by atoms with E-state index in [9.17, 15) is 4.79 Å². The fourth-order valence-electron chi connectivity index (χ4n) is 3.72. The maximum absolute atomic E-state index is 13.2. The first-order valence-corrected chi connectivity index (χ1v) is 9.66. The molecular formula is C23H25N3O2. The Bertz CT molecular complexity index is 937. The summed E-state index contributed by atoms with van der Waals surface area (Å²) < 4.78 is 5.83. The van der Waals surface area contributed by atoms with Crippen LogP contribution in [0.4, 0.5) is 0 Å². The monoisotopic (exact) mass is 375 g/mol. The SMILES string of the molecule is Cc1oc(-c2ccccc2)nc1CC(=O)N1CCN(C)C[C@@H]1c1ccccc1. The highest BCUT2D eigenvalue weighted by molar-refractivity contribution is 5.79. The van der Waals surface area contributed by atoms with Gasteiger partial charge < -0.3 is 14.2 Å². The molecule has 1 atom stereocenters. The smallest absolute Gasteiger partial charge is 0.229 e. The average Bonchev–Trinajstić information content (AvgIpc) is 3.09. The lowest BCUT2D eigenvalue weighted by atomic mass is 10.0. The number of benzene rings is 2. The summed E-state index contributed by atoms with van der Waals surface area (Å²) in [5, 5.41) is 0. The number of aryl methyl sites for hydroxylation is 1. The van der Waals surface area contributed by atoms with E-state index >= 15 is 0 Å². The van der Waals surface area contributed by atoms with Crippen LogP contribution in [0.15, 0.2) is 65.1 Å². The minimum atomic E-state index is 0.0632. The van der Waals surface area contributed by atoms with Crippen molar-refractivity contribution < 1.29 is 9.21 Å². The Balaban J connectivity index is 1.55. The molecule has 3 aromatic rings. The Labute approximate surface area is 165 Å². The van der Waals surface area contributed by atoms with Gasteiger partial charge in [-0.15, -0.1) is 0 Å². The predicted octanol–water partition coefficient (Wildman–Crippen LogP) is 3.71. The zero-order valence-corrected chi connectivity index (χ0v) is 16.3. The van der Waals surface area contributed by atoms with Crippen molar-refractivity contribution in [1.29, 1.82) is 0 Å². The molecule has 0 unspecified atom stereocenters. The number of nitrogens with zero attached hydrogens (tertiary/aromatic N) is 3. The Morgan fingerprint density at radius 2 is 1.75 bits per heavy atom. The molecule has 1 saturated heterocycles. The zero-order chi connectivity index (χ0) is 19.5. The van der Waals surface area contributed by atoms with Crippen LogP contribution in [0.1, 0.15) is 23.1 Å². The number of hydrogen-bond donors (Lipinski definition) is 0. The molecule has 5 nitrogen and oxygen atoms in total. The lowest BCUT2D eigenvalue weighted by Crippen LogP contribution is -2.49. The molecule has 144 valence electrons. The van der Waals surface area contributed by atoms with Crippen LogP contribution in [0, 0.1) is 6.92 Å². The summed E-state index contributed by atoms with van der Waals surface area (Å²) in [7, 11) is 2.10. The van der Waals surface area contributed by atoms with Crippen molar-refractivity contribution in [3.63, 3.8) is 0 Å². The normalized spacial score (nSPS) is 17.6. The van der Waals surface area contributed by atoms with Gasteiger partial charge in [-0.05, 0) is 31.7 Å². The molecule has 2 aromatic carbocycles. The fourth-order valence-corrected chi connectivity index (χ4v) is 3.72. The molecule has 0 saturated carbocycles. The third-order valence-corrected chi connectivity index (χ3v) is 5.32. The van der Waals surface area contributed by atoms with Gasteiger partial charge in [0.05, 0.1) is 18.2 Å². The van der Waals surface area contributed by atoms with Crippen molar-refractivity contribution in [3.05, 3.63) is 77.7 Å². The summed E-state index contributed by atoms with van der Waals surface area (Å²) >= 11 is 0. The Morgan fingerprint density at radius 3 is 2.46 bits per heavy atom. The third kappa shape index (κ3) is 3.85. The molecule has 0 radical (unpaired) electrons. The van der Waals surface area contributed by atoms with E-state index in [2.05, 4.69) is 29.1 Å². The van der Waals surface area contributed by atoms with Crippen LogP contribution in [0.3, 0.4) is 0 Å². The lowest BCUT2D eigenvalue weighted by molar-refractivity contribution is -0.135. The Kier molecular flexibility index (Phi) is 5.26. The van der Waals surface area contributed by atoms with Gasteiger partial charge in [-0.3, -0.25) is 4.79 Å². The molecule has 0 N–H and O–H groups in total. The maximum Gasteiger partial charge on any atom is 0.229 e. The molecule has 4 rings (SSSR count). The maximum atomic E-state index is 13.2. The second kappa shape index (κ2) is 7.98. The summed E-state index contributed by atoms with van der Waals surface area (Å²) in [5.74, 6) is 1.37. The molecule has 0 aliphatic carbocycles. The number of rotatable bonds is 4. The second-order valence-corrected chi connectivity index (χ2v) is 7.34. The molecule has 2 heterocycles. The van der Waals surface area contributed by atoms with Gasteiger partial charge in [0, 0.05) is 25.2 Å². The molecule has 1 aliphatic heterocycles. The van der Waals surface area contributed by atoms with E-state index in [1.54, 1.807) is 0 Å². The summed E-state index contributed by atoms with van der Waals surface area (Å²) in [6.07, 6.45) is 0.259. The number of likely N-dealkylation sites (N-methyl/N-ethyl adjacent to an activating group) is 1. The summed E-state index contributed by atoms with van der Waals surface area (Å²) in [5.41, 5.74) is 2.81. The van der Waals surface area contributed by atoms with Crippen molar-refractivity contribution in [1.82, 2.24) is 14.8 Å². The van der Waals surface area contributed by atoms with E-state index < -0.39 is 0 Å². The minimum Gasteiger partial charge on any atom is -0.441 e. The van der Waals surface area contributed by atoms with E-state index in [4.69, 9.17) is 4.42 Å². The fraction of sp³-hybridized carbons (Fsp3) is 0.304. The van der Waals surface area contributed by atoms with Gasteiger partial charge in [-0.2, -0.15) is 0 Å². The highest BCUT2D eigenvalue weighted by Gasteiger charge is 2.31. The third-order valence-electron chi connectivity index (χ3n) is 5.32. The first-order valence-electron chi connectivity index (χ1n) is 9.66. The van der Waals surface area contributed by atoms with Crippen molar-refractivity contribution in [2.24, 2.45) is 0 Å². The largest absolute Gasteiger partial charge is 0.441 e. The van der Waals surface area contributed by atoms with Gasteiger partial charge in [-0.25, -0.2) is 4.98 Å². The average molecular weight is 375 g/mol. The number of carbonyl (C=O) groups excluding carboxylic acids is 1. The first-order chi connectivity index (χ1) is 13.6. The zero-order valence-electron chi connectivity index (χ0n) is 16.3. The number of aromatic nitrogens is 1. The van der Waals surface area contributed by atoms with Crippen molar-refractivity contribution in [3.8, 4) is 11.5 Å². The summed E-state index contributed by atoms with van der Waals surface area (Å²) in [6, 6.07) is 20.1. The molecule has 5 heteroatoms. The molecule has 1 aromatic heterocycles. The van der Waals surface area contributed by atoms with E-state index in [1.807, 2.05) is 60.4 Å². The molecule has 0 spiro atoms. The lowest BCUT2D eigenvalue weighted by Gasteiger charge is -2.40. The van der Waals surface area contributed by atoms with Gasteiger partial charge in [0.15, 0.2) is 0 Å². The minimum absolute atomic E-state index is 0.0632. The van der Waals surface area contributed by atoms with Crippen LogP contribution >= 0.6 is 0 Å². The number of oxazole rings is 1. The van der Waals surface area contributed by atoms with Gasteiger partial charge >= 0.3 is 0 Å². The van der Waals surface area contributed by atoms with Crippen molar-refractivity contribution >= 4 is 5.91 Å². The number of carbonyl (C=O) groups is 1. The van der Waals surface area contributed by atoms with Crippen molar-refractivity contribution in [2.45, 2.75) is 19.4 Å². The predicted molar refractivity (Wildman–Crippen MR) is 109 cm³/mol. The van der Waals surface area contributed by atoms with Gasteiger partial charge in [0.2, 0.25) is 11.8 Å². The Hall–Kier alpha value is -2.92. The van der Waals surface area contributed by atoms with E-state index in [0.717, 1.165) is 30.9 Å². The first kappa shape index (κ1) is 18.4. The van der Waals surface area contributed by atoms with Crippen molar-refractivity contribution in [2.75, 3.05) is 26.7 Å². The van der Waals surface area contributed by atoms with Gasteiger partial charge in [0.1, 0.15) is 5.76 Å². The number of amides is 1. The van der Waals surface area contributed by atoms with Crippen LogP contribution in [0.2, 0.25) is 0 Å². The van der Waals surface area contributed by atoms with Crippen LogP contribution in [-0.2, 0) is 11.2 Å². The van der Waals surface area contributed by atoms with Gasteiger partial charge in [0.25, 0.3) is 0 Å². The molecule has 1 amide bonds. The van der Waals surface area contributed by atoms with Crippen LogP contribution in [0.5, 0.6) is 0 Å². The topological polar surface area (TPSA) is 49.6 Å². The highest BCUT2D eigenvalue weighted by Crippen LogP contribution is 2.27. The standard InChI is InChI=1S/C23H25N3O2/c1-17-20(24-23(28-17)19-11-7-4-8-12-19)15-22(27)26-14-13-25(2)16-21(26)18-9-5-3-6-10-18/h3-12,21H,13-16H2,1-2H3/t21-/m1/s1. The van der Waals surface area contributed by atoms with Crippen LogP contribution in [0.25, 0.3) is 11.5 Å². The van der Waals surface area contributed by atoms with E-state index in [1.165, 1.54) is 5.56 Å². The molecule has 1 aliphatic rings. The molecule has 28 heavy (non-hydrogen) atoms. The van der Waals surface area contributed by atoms with E-state index in [-0.39, 0.29) is 18.4 Å². The molecule has 0 bridgehead atoms. The number of hydrogen-bond acceptors (Lipinski definition) is 4. The molecule has 1 fully saturated rings. The van der Waals surface area contributed by atoms with E-state index in [0.29, 0.717) is 11.7 Å². The number of piperazine rings is 1.